The molecule has 0 radical (unpaired) electrons. The van der Waals surface area contributed by atoms with Gasteiger partial charge in [0.1, 0.15) is 19.3 Å². The first-order valence-corrected chi connectivity index (χ1v) is 6.93. The predicted molar refractivity (Wildman–Crippen MR) is 78.6 cm³/mol. The second-order valence-electron chi connectivity index (χ2n) is 4.98. The minimum atomic E-state index is -0.697. The number of aliphatic hydroxyl groups is 1. The van der Waals surface area contributed by atoms with Crippen LogP contribution in [0.3, 0.4) is 0 Å². The lowest BCUT2D eigenvalue weighted by Crippen LogP contribution is -2.15. The normalized spacial score (nSPS) is 14.8. The van der Waals surface area contributed by atoms with Gasteiger partial charge in [-0.05, 0) is 28.8 Å². The van der Waals surface area contributed by atoms with Gasteiger partial charge in [0.15, 0.2) is 11.5 Å². The van der Waals surface area contributed by atoms with Gasteiger partial charge >= 0.3 is 0 Å². The Hall–Kier alpha value is -2.04. The average Bonchev–Trinajstić information content (AvgIpc) is 2.54. The van der Waals surface area contributed by atoms with E-state index in [0.29, 0.717) is 25.6 Å². The lowest BCUT2D eigenvalue weighted by Gasteiger charge is -2.20. The molecule has 0 saturated carbocycles. The first-order valence-electron chi connectivity index (χ1n) is 6.93. The molecule has 1 aliphatic heterocycles. The summed E-state index contributed by atoms with van der Waals surface area (Å²) in [5, 5.41) is 10.5. The Kier molecular flexibility index (Phi) is 4.08. The third-order valence-corrected chi connectivity index (χ3v) is 3.46. The van der Waals surface area contributed by atoms with E-state index >= 15 is 0 Å². The van der Waals surface area contributed by atoms with Crippen molar-refractivity contribution in [1.82, 2.24) is 0 Å². The van der Waals surface area contributed by atoms with Crippen LogP contribution in [-0.2, 0) is 11.3 Å². The van der Waals surface area contributed by atoms with Crippen molar-refractivity contribution in [3.63, 3.8) is 0 Å². The summed E-state index contributed by atoms with van der Waals surface area (Å²) < 4.78 is 16.2. The van der Waals surface area contributed by atoms with Crippen LogP contribution in [0.2, 0.25) is 0 Å². The largest absolute Gasteiger partial charge is 0.486 e. The first kappa shape index (κ1) is 13.9. The van der Waals surface area contributed by atoms with Crippen LogP contribution in [0.4, 0.5) is 0 Å². The topological polar surface area (TPSA) is 47.9 Å². The molecule has 4 nitrogen and oxygen atoms in total. The van der Waals surface area contributed by atoms with Crippen molar-refractivity contribution in [3.8, 4) is 11.5 Å². The van der Waals surface area contributed by atoms with Crippen LogP contribution in [0.5, 0.6) is 11.5 Å². The van der Waals surface area contributed by atoms with Crippen LogP contribution in [0.15, 0.2) is 42.5 Å². The third kappa shape index (κ3) is 3.01. The molecule has 0 bridgehead atoms. The fourth-order valence-electron chi connectivity index (χ4n) is 2.44. The van der Waals surface area contributed by atoms with E-state index in [9.17, 15) is 5.11 Å². The molecule has 0 aromatic heterocycles. The summed E-state index contributed by atoms with van der Waals surface area (Å²) in [6.45, 7) is 1.63. The Morgan fingerprint density at radius 2 is 1.81 bits per heavy atom. The third-order valence-electron chi connectivity index (χ3n) is 3.46. The summed E-state index contributed by atoms with van der Waals surface area (Å²) in [6, 6.07) is 13.3. The van der Waals surface area contributed by atoms with Crippen molar-refractivity contribution in [2.24, 2.45) is 0 Å². The monoisotopic (exact) mass is 286 g/mol. The first-order chi connectivity index (χ1) is 10.3. The van der Waals surface area contributed by atoms with Crippen LogP contribution in [0.1, 0.15) is 22.8 Å². The van der Waals surface area contributed by atoms with Crippen LogP contribution in [0.25, 0.3) is 0 Å². The highest BCUT2D eigenvalue weighted by Crippen LogP contribution is 2.34. The van der Waals surface area contributed by atoms with Gasteiger partial charge in [0, 0.05) is 7.11 Å². The molecule has 2 aromatic rings. The van der Waals surface area contributed by atoms with Gasteiger partial charge in [-0.2, -0.15) is 0 Å². The molecule has 3 rings (SSSR count). The SMILES string of the molecule is COCc1cccc(C(O)c2ccc3c(c2)OCCO3)c1. The van der Waals surface area contributed by atoms with Crippen molar-refractivity contribution >= 4 is 0 Å². The van der Waals surface area contributed by atoms with Crippen LogP contribution >= 0.6 is 0 Å². The second-order valence-corrected chi connectivity index (χ2v) is 4.98. The molecule has 4 heteroatoms. The average molecular weight is 286 g/mol. The van der Waals surface area contributed by atoms with E-state index in [4.69, 9.17) is 14.2 Å². The highest BCUT2D eigenvalue weighted by atomic mass is 16.6. The van der Waals surface area contributed by atoms with Gasteiger partial charge in [-0.3, -0.25) is 0 Å². The number of ether oxygens (including phenoxy) is 3. The number of hydrogen-bond donors (Lipinski definition) is 1. The van der Waals surface area contributed by atoms with Gasteiger partial charge in [0.05, 0.1) is 6.61 Å². The lowest BCUT2D eigenvalue weighted by molar-refractivity contribution is 0.169. The number of hydrogen-bond acceptors (Lipinski definition) is 4. The molecule has 1 aliphatic rings. The Labute approximate surface area is 123 Å². The summed E-state index contributed by atoms with van der Waals surface area (Å²) in [5.74, 6) is 1.41. The number of methoxy groups -OCH3 is 1. The van der Waals surface area contributed by atoms with Crippen molar-refractivity contribution in [1.29, 1.82) is 0 Å². The van der Waals surface area contributed by atoms with Crippen LogP contribution in [0, 0.1) is 0 Å². The van der Waals surface area contributed by atoms with Crippen LogP contribution in [-0.4, -0.2) is 25.4 Å². The predicted octanol–water partition coefficient (Wildman–Crippen LogP) is 2.69. The van der Waals surface area contributed by atoms with Gasteiger partial charge in [-0.15, -0.1) is 0 Å². The summed E-state index contributed by atoms with van der Waals surface area (Å²) in [4.78, 5) is 0. The molecule has 2 aromatic carbocycles. The minimum absolute atomic E-state index is 0.529. The van der Waals surface area contributed by atoms with Crippen molar-refractivity contribution in [2.45, 2.75) is 12.7 Å². The Morgan fingerprint density at radius 3 is 2.62 bits per heavy atom. The quantitative estimate of drug-likeness (QED) is 0.938. The zero-order chi connectivity index (χ0) is 14.7. The fraction of sp³-hybridized carbons (Fsp3) is 0.294. The number of aliphatic hydroxyl groups excluding tert-OH is 1. The molecule has 1 N–H and O–H groups in total. The number of benzene rings is 2. The zero-order valence-corrected chi connectivity index (χ0v) is 11.9. The molecule has 1 unspecified atom stereocenters. The van der Waals surface area contributed by atoms with E-state index in [1.807, 2.05) is 42.5 Å². The molecule has 0 saturated heterocycles. The van der Waals surface area contributed by atoms with E-state index in [1.54, 1.807) is 7.11 Å². The number of rotatable bonds is 4. The molecular weight excluding hydrogens is 268 g/mol. The Balaban J connectivity index is 1.87. The maximum atomic E-state index is 10.5. The maximum Gasteiger partial charge on any atom is 0.161 e. The molecule has 1 heterocycles. The smallest absolute Gasteiger partial charge is 0.161 e. The molecule has 21 heavy (non-hydrogen) atoms. The summed E-state index contributed by atoms with van der Waals surface area (Å²) in [7, 11) is 1.66. The van der Waals surface area contributed by atoms with Crippen molar-refractivity contribution in [3.05, 3.63) is 59.2 Å². The highest BCUT2D eigenvalue weighted by molar-refractivity contribution is 5.46. The maximum absolute atomic E-state index is 10.5. The van der Waals surface area contributed by atoms with E-state index in [1.165, 1.54) is 0 Å². The van der Waals surface area contributed by atoms with E-state index in [2.05, 4.69) is 0 Å². The lowest BCUT2D eigenvalue weighted by atomic mass is 9.99. The Morgan fingerprint density at radius 1 is 1.05 bits per heavy atom. The highest BCUT2D eigenvalue weighted by Gasteiger charge is 2.16. The summed E-state index contributed by atoms with van der Waals surface area (Å²) in [6.07, 6.45) is -0.697. The molecule has 0 aliphatic carbocycles. The second kappa shape index (κ2) is 6.16. The summed E-state index contributed by atoms with van der Waals surface area (Å²) >= 11 is 0. The molecule has 0 fully saturated rings. The van der Waals surface area contributed by atoms with Gasteiger partial charge in [-0.25, -0.2) is 0 Å². The van der Waals surface area contributed by atoms with Gasteiger partial charge in [0.25, 0.3) is 0 Å². The zero-order valence-electron chi connectivity index (χ0n) is 11.9. The van der Waals surface area contributed by atoms with E-state index < -0.39 is 6.10 Å². The standard InChI is InChI=1S/C17H18O4/c1-19-11-12-3-2-4-13(9-12)17(18)14-5-6-15-16(10-14)21-8-7-20-15/h2-6,9-10,17-18H,7-8,11H2,1H3. The summed E-state index contributed by atoms with van der Waals surface area (Å²) in [5.41, 5.74) is 2.65. The van der Waals surface area contributed by atoms with Crippen molar-refractivity contribution in [2.75, 3.05) is 20.3 Å². The van der Waals surface area contributed by atoms with Gasteiger partial charge in [0.2, 0.25) is 0 Å². The van der Waals surface area contributed by atoms with Crippen LogP contribution < -0.4 is 9.47 Å². The molecular formula is C17H18O4. The van der Waals surface area contributed by atoms with E-state index in [0.717, 1.165) is 22.4 Å². The molecule has 110 valence electrons. The van der Waals surface area contributed by atoms with Gasteiger partial charge in [-0.1, -0.05) is 30.3 Å². The van der Waals surface area contributed by atoms with E-state index in [-0.39, 0.29) is 0 Å². The van der Waals surface area contributed by atoms with Gasteiger partial charge < -0.3 is 19.3 Å². The van der Waals surface area contributed by atoms with Crippen molar-refractivity contribution < 1.29 is 19.3 Å². The number of fused-ring (bicyclic) bond motifs is 1. The minimum Gasteiger partial charge on any atom is -0.486 e. The molecule has 0 amide bonds. The fourth-order valence-corrected chi connectivity index (χ4v) is 2.44. The molecule has 0 spiro atoms. The molecule has 1 atom stereocenters. The Bertz CT molecular complexity index is 624.